The van der Waals surface area contributed by atoms with E-state index in [4.69, 9.17) is 11.6 Å². The molecule has 3 rings (SSSR count). The molecule has 3 aromatic rings. The first-order valence-electron chi connectivity index (χ1n) is 8.15. The molecule has 0 bridgehead atoms. The van der Waals surface area contributed by atoms with Gasteiger partial charge in [-0.2, -0.15) is 5.10 Å². The third-order valence-electron chi connectivity index (χ3n) is 4.07. The molecule has 0 saturated carbocycles. The number of hydrogen-bond donors (Lipinski definition) is 1. The number of nitro groups is 1. The van der Waals surface area contributed by atoms with Crippen LogP contribution >= 0.6 is 22.9 Å². The normalized spacial score (nSPS) is 12.0. The van der Waals surface area contributed by atoms with Gasteiger partial charge in [-0.05, 0) is 43.5 Å². The molecule has 0 spiro atoms. The lowest BCUT2D eigenvalue weighted by Crippen LogP contribution is -2.32. The molecule has 0 aliphatic heterocycles. The number of nitrogens with one attached hydrogen (secondary N) is 1. The molecule has 1 N–H and O–H groups in total. The number of rotatable bonds is 6. The van der Waals surface area contributed by atoms with E-state index in [9.17, 15) is 14.9 Å². The van der Waals surface area contributed by atoms with Crippen LogP contribution in [0.3, 0.4) is 0 Å². The van der Waals surface area contributed by atoms with Gasteiger partial charge < -0.3 is 5.32 Å². The van der Waals surface area contributed by atoms with Gasteiger partial charge in [0.15, 0.2) is 0 Å². The predicted octanol–water partition coefficient (Wildman–Crippen LogP) is 4.14. The molecule has 9 heteroatoms. The first-order valence-corrected chi connectivity index (χ1v) is 9.41. The lowest BCUT2D eigenvalue weighted by molar-refractivity contribution is -0.385. The SMILES string of the molecule is Cc1cc(C)n(C(CNC(=O)c2cc(Cl)ccc2[N+](=O)[O-])c2cccs2)n1. The zero-order valence-corrected chi connectivity index (χ0v) is 16.3. The summed E-state index contributed by atoms with van der Waals surface area (Å²) >= 11 is 7.47. The van der Waals surface area contributed by atoms with E-state index < -0.39 is 10.8 Å². The fourth-order valence-corrected chi connectivity index (χ4v) is 3.87. The Hall–Kier alpha value is -2.71. The van der Waals surface area contributed by atoms with Crippen molar-refractivity contribution >= 4 is 34.5 Å². The van der Waals surface area contributed by atoms with Crippen LogP contribution in [0.5, 0.6) is 0 Å². The molecule has 140 valence electrons. The summed E-state index contributed by atoms with van der Waals surface area (Å²) in [7, 11) is 0. The van der Waals surface area contributed by atoms with Gasteiger partial charge >= 0.3 is 0 Å². The molecule has 1 atom stereocenters. The van der Waals surface area contributed by atoms with Gasteiger partial charge in [0.2, 0.25) is 0 Å². The molecule has 1 amide bonds. The molecule has 2 aromatic heterocycles. The van der Waals surface area contributed by atoms with E-state index in [1.54, 1.807) is 11.3 Å². The number of aromatic nitrogens is 2. The average Bonchev–Trinajstić information content (AvgIpc) is 3.25. The average molecular weight is 405 g/mol. The number of amides is 1. The highest BCUT2D eigenvalue weighted by Crippen LogP contribution is 2.26. The quantitative estimate of drug-likeness (QED) is 0.493. The third kappa shape index (κ3) is 4.17. The summed E-state index contributed by atoms with van der Waals surface area (Å²) in [5, 5.41) is 20.7. The maximum absolute atomic E-state index is 12.6. The van der Waals surface area contributed by atoms with Gasteiger partial charge in [0.25, 0.3) is 11.6 Å². The van der Waals surface area contributed by atoms with Crippen molar-refractivity contribution in [1.82, 2.24) is 15.1 Å². The van der Waals surface area contributed by atoms with Crippen molar-refractivity contribution in [2.75, 3.05) is 6.54 Å². The van der Waals surface area contributed by atoms with E-state index in [1.807, 2.05) is 42.1 Å². The first kappa shape index (κ1) is 19.1. The zero-order valence-electron chi connectivity index (χ0n) is 14.7. The van der Waals surface area contributed by atoms with E-state index in [0.717, 1.165) is 16.3 Å². The highest BCUT2D eigenvalue weighted by atomic mass is 35.5. The highest BCUT2D eigenvalue weighted by Gasteiger charge is 2.23. The summed E-state index contributed by atoms with van der Waals surface area (Å²) in [6.07, 6.45) is 0. The summed E-state index contributed by atoms with van der Waals surface area (Å²) in [5.74, 6) is -0.549. The lowest BCUT2D eigenvalue weighted by atomic mass is 10.1. The monoisotopic (exact) mass is 404 g/mol. The van der Waals surface area contributed by atoms with Gasteiger partial charge in [-0.25, -0.2) is 0 Å². The van der Waals surface area contributed by atoms with Gasteiger partial charge in [-0.3, -0.25) is 19.6 Å². The van der Waals surface area contributed by atoms with Crippen LogP contribution in [-0.4, -0.2) is 27.2 Å². The van der Waals surface area contributed by atoms with Crippen molar-refractivity contribution < 1.29 is 9.72 Å². The number of nitro benzene ring substituents is 1. The van der Waals surface area contributed by atoms with Gasteiger partial charge in [0, 0.05) is 28.2 Å². The van der Waals surface area contributed by atoms with Crippen LogP contribution in [-0.2, 0) is 0 Å². The zero-order chi connectivity index (χ0) is 19.6. The second kappa shape index (κ2) is 7.89. The van der Waals surface area contributed by atoms with E-state index in [-0.39, 0.29) is 28.9 Å². The molecule has 0 aliphatic carbocycles. The summed E-state index contributed by atoms with van der Waals surface area (Å²) < 4.78 is 1.85. The Morgan fingerprint density at radius 1 is 1.37 bits per heavy atom. The maximum atomic E-state index is 12.6. The fourth-order valence-electron chi connectivity index (χ4n) is 2.88. The molecule has 0 aliphatic rings. The molecule has 7 nitrogen and oxygen atoms in total. The molecule has 0 fully saturated rings. The van der Waals surface area contributed by atoms with E-state index in [0.29, 0.717) is 0 Å². The highest BCUT2D eigenvalue weighted by molar-refractivity contribution is 7.10. The Labute approximate surface area is 164 Å². The summed E-state index contributed by atoms with van der Waals surface area (Å²) in [6, 6.07) is 9.58. The molecule has 1 aromatic carbocycles. The van der Waals surface area contributed by atoms with Crippen LogP contribution in [0.2, 0.25) is 5.02 Å². The van der Waals surface area contributed by atoms with Gasteiger partial charge in [-0.1, -0.05) is 17.7 Å². The third-order valence-corrected chi connectivity index (χ3v) is 5.28. The van der Waals surface area contributed by atoms with Crippen LogP contribution in [0, 0.1) is 24.0 Å². The van der Waals surface area contributed by atoms with Crippen molar-refractivity contribution in [3.63, 3.8) is 0 Å². The predicted molar refractivity (Wildman–Crippen MR) is 105 cm³/mol. The van der Waals surface area contributed by atoms with Crippen LogP contribution < -0.4 is 5.32 Å². The van der Waals surface area contributed by atoms with Crippen LogP contribution in [0.15, 0.2) is 41.8 Å². The smallest absolute Gasteiger partial charge is 0.282 e. The Balaban J connectivity index is 1.86. The Morgan fingerprint density at radius 3 is 2.74 bits per heavy atom. The van der Waals surface area contributed by atoms with Gasteiger partial charge in [0.05, 0.1) is 10.6 Å². The van der Waals surface area contributed by atoms with E-state index in [1.165, 1.54) is 18.2 Å². The van der Waals surface area contributed by atoms with Crippen LogP contribution in [0.4, 0.5) is 5.69 Å². The molecule has 0 saturated heterocycles. The second-order valence-corrected chi connectivity index (χ2v) is 7.45. The number of thiophene rings is 1. The van der Waals surface area contributed by atoms with Gasteiger partial charge in [-0.15, -0.1) is 11.3 Å². The summed E-state index contributed by atoms with van der Waals surface area (Å²) in [5.41, 5.74) is 1.50. The Kier molecular flexibility index (Phi) is 5.57. The number of halogens is 1. The number of nitrogens with zero attached hydrogens (tertiary/aromatic N) is 3. The minimum atomic E-state index is -0.594. The first-order chi connectivity index (χ1) is 12.9. The van der Waals surface area contributed by atoms with Crippen molar-refractivity contribution in [3.05, 3.63) is 78.7 Å². The molecule has 27 heavy (non-hydrogen) atoms. The molecular formula is C18H17ClN4O3S. The number of aryl methyl sites for hydroxylation is 2. The molecular weight excluding hydrogens is 388 g/mol. The fraction of sp³-hybridized carbons (Fsp3) is 0.222. The molecule has 2 heterocycles. The van der Waals surface area contributed by atoms with E-state index >= 15 is 0 Å². The van der Waals surface area contributed by atoms with Crippen LogP contribution in [0.1, 0.15) is 32.7 Å². The molecule has 0 radical (unpaired) electrons. The lowest BCUT2D eigenvalue weighted by Gasteiger charge is -2.19. The number of benzene rings is 1. The van der Waals surface area contributed by atoms with Crippen molar-refractivity contribution in [1.29, 1.82) is 0 Å². The number of hydrogen-bond acceptors (Lipinski definition) is 5. The molecule has 1 unspecified atom stereocenters. The maximum Gasteiger partial charge on any atom is 0.282 e. The van der Waals surface area contributed by atoms with Crippen molar-refractivity contribution in [3.8, 4) is 0 Å². The summed E-state index contributed by atoms with van der Waals surface area (Å²) in [4.78, 5) is 24.3. The summed E-state index contributed by atoms with van der Waals surface area (Å²) in [6.45, 7) is 4.10. The number of carbonyl (C=O) groups excluding carboxylic acids is 1. The van der Waals surface area contributed by atoms with Gasteiger partial charge in [0.1, 0.15) is 11.6 Å². The minimum Gasteiger partial charge on any atom is -0.349 e. The van der Waals surface area contributed by atoms with Crippen molar-refractivity contribution in [2.24, 2.45) is 0 Å². The Morgan fingerprint density at radius 2 is 2.15 bits per heavy atom. The topological polar surface area (TPSA) is 90.1 Å². The van der Waals surface area contributed by atoms with E-state index in [2.05, 4.69) is 10.4 Å². The number of carbonyl (C=O) groups is 1. The largest absolute Gasteiger partial charge is 0.349 e. The van der Waals surface area contributed by atoms with Crippen LogP contribution in [0.25, 0.3) is 0 Å². The second-order valence-electron chi connectivity index (χ2n) is 6.03. The minimum absolute atomic E-state index is 0.0641. The Bertz CT molecular complexity index is 985. The standard InChI is InChI=1S/C18H17ClN4O3S/c1-11-8-12(2)22(21-11)16(17-4-3-7-27-17)10-20-18(24)14-9-13(19)5-6-15(14)23(25)26/h3-9,16H,10H2,1-2H3,(H,20,24). The van der Waals surface area contributed by atoms with Crippen molar-refractivity contribution in [2.45, 2.75) is 19.9 Å².